The van der Waals surface area contributed by atoms with Crippen LogP contribution in [0.5, 0.6) is 0 Å². The van der Waals surface area contributed by atoms with Gasteiger partial charge in [0.15, 0.2) is 0 Å². The molecule has 0 fully saturated rings. The molecule has 0 spiro atoms. The Hall–Kier alpha value is -0.420. The monoisotopic (exact) mass is 235 g/mol. The van der Waals surface area contributed by atoms with Crippen molar-refractivity contribution >= 4 is 16.8 Å². The second kappa shape index (κ2) is 8.85. The van der Waals surface area contributed by atoms with Gasteiger partial charge in [-0.2, -0.15) is 0 Å². The first-order valence-corrected chi connectivity index (χ1v) is 7.05. The van der Waals surface area contributed by atoms with Crippen LogP contribution in [0.3, 0.4) is 0 Å². The van der Waals surface area contributed by atoms with Crippen molar-refractivity contribution in [1.82, 2.24) is 0 Å². The number of rotatable bonds is 9. The highest BCUT2D eigenvalue weighted by Gasteiger charge is 2.09. The Balaban J connectivity index is 3.18. The molecule has 0 aliphatic heterocycles. The Morgan fingerprint density at radius 2 is 1.80 bits per heavy atom. The summed E-state index contributed by atoms with van der Waals surface area (Å²) in [4.78, 5) is 10.4. The molecule has 0 radical (unpaired) electrons. The topological polar surface area (TPSA) is 80.4 Å². The second-order valence-electron chi connectivity index (χ2n) is 3.78. The third-order valence-corrected chi connectivity index (χ3v) is 3.13. The van der Waals surface area contributed by atoms with Crippen molar-refractivity contribution in [1.29, 1.82) is 0 Å². The Labute approximate surface area is 93.7 Å². The Kier molecular flexibility index (Phi) is 8.61. The van der Waals surface area contributed by atoms with E-state index in [1.165, 1.54) is 0 Å². The number of carboxylic acid groups (broad SMARTS) is 1. The predicted molar refractivity (Wildman–Crippen MR) is 62.2 cm³/mol. The Morgan fingerprint density at radius 1 is 1.27 bits per heavy atom. The lowest BCUT2D eigenvalue weighted by atomic mass is 10.1. The molecule has 3 N–H and O–H groups in total. The van der Waals surface area contributed by atoms with Crippen LogP contribution in [0, 0.1) is 0 Å². The summed E-state index contributed by atoms with van der Waals surface area (Å²) < 4.78 is 10.7. The average molecular weight is 235 g/mol. The fourth-order valence-corrected chi connectivity index (χ4v) is 1.93. The maximum atomic E-state index is 10.7. The van der Waals surface area contributed by atoms with Gasteiger partial charge in [-0.15, -0.1) is 0 Å². The molecule has 0 amide bonds. The van der Waals surface area contributed by atoms with Gasteiger partial charge in [-0.25, -0.2) is 0 Å². The molecule has 90 valence electrons. The van der Waals surface area contributed by atoms with Gasteiger partial charge in [-0.05, 0) is 12.8 Å². The first-order valence-electron chi connectivity index (χ1n) is 5.32. The summed E-state index contributed by atoms with van der Waals surface area (Å²) in [7, 11) is -0.684. The normalized spacial score (nSPS) is 14.8. The zero-order valence-corrected chi connectivity index (χ0v) is 10.1. The number of carbonyl (C=O) groups is 1. The van der Waals surface area contributed by atoms with E-state index in [1.807, 2.05) is 0 Å². The molecule has 5 heteroatoms. The first kappa shape index (κ1) is 14.6. The molecule has 0 aromatic rings. The van der Waals surface area contributed by atoms with Crippen molar-refractivity contribution in [3.8, 4) is 0 Å². The van der Waals surface area contributed by atoms with Gasteiger partial charge in [0.05, 0.1) is 0 Å². The number of nitrogens with two attached hydrogens (primary N) is 1. The maximum absolute atomic E-state index is 10.7. The van der Waals surface area contributed by atoms with Crippen molar-refractivity contribution in [2.75, 3.05) is 12.0 Å². The molecule has 0 saturated carbocycles. The van der Waals surface area contributed by atoms with Crippen LogP contribution in [0.4, 0.5) is 0 Å². The van der Waals surface area contributed by atoms with Crippen molar-refractivity contribution in [3.05, 3.63) is 0 Å². The summed E-state index contributed by atoms with van der Waals surface area (Å²) in [6.07, 6.45) is 7.28. The highest BCUT2D eigenvalue weighted by atomic mass is 32.2. The Morgan fingerprint density at radius 3 is 2.33 bits per heavy atom. The number of unbranched alkanes of at least 4 members (excludes halogenated alkanes) is 4. The lowest BCUT2D eigenvalue weighted by molar-refractivity contribution is -0.138. The van der Waals surface area contributed by atoms with E-state index in [-0.39, 0.29) is 0 Å². The molecule has 0 aromatic carbocycles. The van der Waals surface area contributed by atoms with Crippen LogP contribution in [-0.2, 0) is 15.6 Å². The first-order chi connectivity index (χ1) is 7.04. The summed E-state index contributed by atoms with van der Waals surface area (Å²) in [5.41, 5.74) is 5.36. The van der Waals surface area contributed by atoms with E-state index in [1.54, 1.807) is 6.26 Å². The van der Waals surface area contributed by atoms with E-state index in [0.717, 1.165) is 37.9 Å². The number of aliphatic carboxylic acids is 1. The van der Waals surface area contributed by atoms with Crippen molar-refractivity contribution in [2.24, 2.45) is 5.73 Å². The minimum absolute atomic E-state index is 0.551. The van der Waals surface area contributed by atoms with Crippen LogP contribution in [0.15, 0.2) is 0 Å². The van der Waals surface area contributed by atoms with E-state index < -0.39 is 22.8 Å². The Bertz CT molecular complexity index is 209. The highest BCUT2D eigenvalue weighted by Crippen LogP contribution is 2.07. The summed E-state index contributed by atoms with van der Waals surface area (Å²) in [5, 5.41) is 8.53. The molecule has 4 nitrogen and oxygen atoms in total. The summed E-state index contributed by atoms with van der Waals surface area (Å²) in [5.74, 6) is -0.148. The van der Waals surface area contributed by atoms with Crippen molar-refractivity contribution in [3.63, 3.8) is 0 Å². The van der Waals surface area contributed by atoms with Crippen LogP contribution < -0.4 is 5.73 Å². The van der Waals surface area contributed by atoms with Gasteiger partial charge in [0.2, 0.25) is 0 Å². The minimum atomic E-state index is -0.920. The summed E-state index contributed by atoms with van der Waals surface area (Å²) in [6.45, 7) is 0. The fourth-order valence-electron chi connectivity index (χ4n) is 1.32. The molecule has 0 bridgehead atoms. The predicted octanol–water partition coefficient (Wildman–Crippen LogP) is 1.12. The minimum Gasteiger partial charge on any atom is -0.480 e. The van der Waals surface area contributed by atoms with E-state index in [2.05, 4.69) is 0 Å². The standard InChI is InChI=1S/C10H21NO3S/c1-15(14)8-6-4-2-3-5-7-9(11)10(12)13/h9H,2-8,11H2,1H3,(H,12,13). The van der Waals surface area contributed by atoms with E-state index >= 15 is 0 Å². The average Bonchev–Trinajstić information content (AvgIpc) is 2.15. The van der Waals surface area contributed by atoms with Crippen molar-refractivity contribution in [2.45, 2.75) is 44.6 Å². The zero-order chi connectivity index (χ0) is 11.7. The molecule has 2 atom stereocenters. The van der Waals surface area contributed by atoms with Gasteiger partial charge < -0.3 is 10.8 Å². The zero-order valence-electron chi connectivity index (χ0n) is 9.28. The van der Waals surface area contributed by atoms with E-state index in [9.17, 15) is 9.00 Å². The maximum Gasteiger partial charge on any atom is 0.320 e. The van der Waals surface area contributed by atoms with E-state index in [0.29, 0.717) is 6.42 Å². The van der Waals surface area contributed by atoms with Gasteiger partial charge in [0, 0.05) is 22.8 Å². The second-order valence-corrected chi connectivity index (χ2v) is 5.33. The molecule has 0 aromatic heterocycles. The lowest BCUT2D eigenvalue weighted by Gasteiger charge is -2.05. The third-order valence-electron chi connectivity index (χ3n) is 2.26. The SMILES string of the molecule is CS(=O)CCCCCCCC(N)C(=O)O. The molecular weight excluding hydrogens is 214 g/mol. The van der Waals surface area contributed by atoms with Gasteiger partial charge in [0.25, 0.3) is 0 Å². The van der Waals surface area contributed by atoms with Gasteiger partial charge in [-0.1, -0.05) is 25.7 Å². The van der Waals surface area contributed by atoms with Crippen LogP contribution in [-0.4, -0.2) is 33.3 Å². The summed E-state index contributed by atoms with van der Waals surface area (Å²) >= 11 is 0. The van der Waals surface area contributed by atoms with Crippen LogP contribution in [0.25, 0.3) is 0 Å². The quantitative estimate of drug-likeness (QED) is 0.587. The molecule has 2 unspecified atom stereocenters. The van der Waals surface area contributed by atoms with Gasteiger partial charge in [-0.3, -0.25) is 9.00 Å². The molecule has 0 aliphatic rings. The van der Waals surface area contributed by atoms with Crippen LogP contribution in [0.2, 0.25) is 0 Å². The molecule has 0 saturated heterocycles. The van der Waals surface area contributed by atoms with Gasteiger partial charge >= 0.3 is 5.97 Å². The van der Waals surface area contributed by atoms with Crippen LogP contribution >= 0.6 is 0 Å². The lowest BCUT2D eigenvalue weighted by Crippen LogP contribution is -2.29. The summed E-state index contributed by atoms with van der Waals surface area (Å²) in [6, 6.07) is -0.715. The third kappa shape index (κ3) is 9.87. The molecule has 0 rings (SSSR count). The molecule has 15 heavy (non-hydrogen) atoms. The van der Waals surface area contributed by atoms with E-state index in [4.69, 9.17) is 10.8 Å². The smallest absolute Gasteiger partial charge is 0.320 e. The molecule has 0 aliphatic carbocycles. The van der Waals surface area contributed by atoms with Crippen LogP contribution in [0.1, 0.15) is 38.5 Å². The number of hydrogen-bond donors (Lipinski definition) is 2. The highest BCUT2D eigenvalue weighted by molar-refractivity contribution is 7.84. The van der Waals surface area contributed by atoms with Gasteiger partial charge in [0.1, 0.15) is 6.04 Å². The number of carboxylic acids is 1. The molecular formula is C10H21NO3S. The number of hydrogen-bond acceptors (Lipinski definition) is 3. The largest absolute Gasteiger partial charge is 0.480 e. The molecule has 0 heterocycles. The van der Waals surface area contributed by atoms with Crippen molar-refractivity contribution < 1.29 is 14.1 Å². The fraction of sp³-hybridized carbons (Fsp3) is 0.900.